The van der Waals surface area contributed by atoms with Crippen LogP contribution in [0.2, 0.25) is 0 Å². The normalized spacial score (nSPS) is 18.8. The topological polar surface area (TPSA) is 17.1 Å². The van der Waals surface area contributed by atoms with Gasteiger partial charge in [0.05, 0.1) is 0 Å². The highest BCUT2D eigenvalue weighted by Gasteiger charge is 2.25. The van der Waals surface area contributed by atoms with Gasteiger partial charge in [0, 0.05) is 18.8 Å². The van der Waals surface area contributed by atoms with Crippen molar-refractivity contribution in [1.29, 1.82) is 0 Å². The molecule has 1 aliphatic carbocycles. The number of benzene rings is 2. The van der Waals surface area contributed by atoms with Crippen LogP contribution < -0.4 is 0 Å². The molecule has 0 spiro atoms. The van der Waals surface area contributed by atoms with Crippen molar-refractivity contribution in [3.05, 3.63) is 71.3 Å². The zero-order valence-corrected chi connectivity index (χ0v) is 9.60. The number of hydrogen-bond acceptors (Lipinski definition) is 1. The lowest BCUT2D eigenvalue weighted by atomic mass is 9.78. The van der Waals surface area contributed by atoms with Crippen molar-refractivity contribution in [1.82, 2.24) is 0 Å². The van der Waals surface area contributed by atoms with Crippen molar-refractivity contribution >= 4 is 5.78 Å². The number of ketones is 1. The molecule has 0 fully saturated rings. The first-order chi connectivity index (χ1) is 8.34. The molecule has 0 aromatic heterocycles. The Hall–Kier alpha value is -1.89. The SMILES string of the molecule is O=C1Cc2ccccc2[C@H](c2ccccc2)C1. The molecule has 0 amide bonds. The molecule has 1 aliphatic rings. The highest BCUT2D eigenvalue weighted by molar-refractivity contribution is 5.84. The van der Waals surface area contributed by atoms with Crippen LogP contribution in [0.25, 0.3) is 0 Å². The van der Waals surface area contributed by atoms with Crippen molar-refractivity contribution in [3.8, 4) is 0 Å². The summed E-state index contributed by atoms with van der Waals surface area (Å²) in [7, 11) is 0. The Balaban J connectivity index is 2.10. The second-order valence-electron chi connectivity index (χ2n) is 4.58. The van der Waals surface area contributed by atoms with Gasteiger partial charge in [-0.25, -0.2) is 0 Å². The summed E-state index contributed by atoms with van der Waals surface area (Å²) in [6.07, 6.45) is 1.24. The highest BCUT2D eigenvalue weighted by atomic mass is 16.1. The smallest absolute Gasteiger partial charge is 0.138 e. The Bertz CT molecular complexity index is 542. The lowest BCUT2D eigenvalue weighted by Gasteiger charge is -2.25. The van der Waals surface area contributed by atoms with Crippen LogP contribution in [0.1, 0.15) is 29.0 Å². The molecular weight excluding hydrogens is 208 g/mol. The van der Waals surface area contributed by atoms with Gasteiger partial charge in [-0.3, -0.25) is 4.79 Å². The lowest BCUT2D eigenvalue weighted by Crippen LogP contribution is -2.18. The minimum absolute atomic E-state index is 0.244. The Labute approximate surface area is 101 Å². The molecule has 17 heavy (non-hydrogen) atoms. The van der Waals surface area contributed by atoms with E-state index in [0.717, 1.165) is 0 Å². The average Bonchev–Trinajstić information content (AvgIpc) is 2.39. The number of hydrogen-bond donors (Lipinski definition) is 0. The first-order valence-electron chi connectivity index (χ1n) is 5.99. The largest absolute Gasteiger partial charge is 0.299 e. The maximum absolute atomic E-state index is 11.8. The minimum Gasteiger partial charge on any atom is -0.299 e. The van der Waals surface area contributed by atoms with Gasteiger partial charge < -0.3 is 0 Å². The summed E-state index contributed by atoms with van der Waals surface area (Å²) in [6, 6.07) is 18.6. The van der Waals surface area contributed by atoms with Crippen molar-refractivity contribution in [2.75, 3.05) is 0 Å². The molecule has 0 bridgehead atoms. The van der Waals surface area contributed by atoms with Gasteiger partial charge in [-0.2, -0.15) is 0 Å². The van der Waals surface area contributed by atoms with E-state index in [9.17, 15) is 4.79 Å². The van der Waals surface area contributed by atoms with Gasteiger partial charge >= 0.3 is 0 Å². The summed E-state index contributed by atoms with van der Waals surface area (Å²) >= 11 is 0. The van der Waals surface area contributed by atoms with E-state index in [4.69, 9.17) is 0 Å². The zero-order chi connectivity index (χ0) is 11.7. The Kier molecular flexibility index (Phi) is 2.52. The van der Waals surface area contributed by atoms with Crippen molar-refractivity contribution < 1.29 is 4.79 Å². The quantitative estimate of drug-likeness (QED) is 0.723. The second kappa shape index (κ2) is 4.17. The predicted octanol–water partition coefficient (Wildman–Crippen LogP) is 3.33. The van der Waals surface area contributed by atoms with Crippen LogP contribution >= 0.6 is 0 Å². The summed E-state index contributed by atoms with van der Waals surface area (Å²) in [4.78, 5) is 11.8. The van der Waals surface area contributed by atoms with Gasteiger partial charge in [0.2, 0.25) is 0 Å². The van der Waals surface area contributed by atoms with Gasteiger partial charge in [0.25, 0.3) is 0 Å². The van der Waals surface area contributed by atoms with Gasteiger partial charge in [0.15, 0.2) is 0 Å². The average molecular weight is 222 g/mol. The van der Waals surface area contributed by atoms with Crippen molar-refractivity contribution in [2.24, 2.45) is 0 Å². The molecule has 0 heterocycles. The number of Topliss-reactive ketones (excluding diaryl/α,β-unsaturated/α-hetero) is 1. The maximum atomic E-state index is 11.8. The van der Waals surface area contributed by atoms with E-state index in [-0.39, 0.29) is 5.92 Å². The molecule has 0 saturated carbocycles. The van der Waals surface area contributed by atoms with Crippen LogP contribution in [-0.4, -0.2) is 5.78 Å². The fourth-order valence-electron chi connectivity index (χ4n) is 2.64. The molecule has 2 aromatic rings. The lowest BCUT2D eigenvalue weighted by molar-refractivity contribution is -0.119. The van der Waals surface area contributed by atoms with E-state index in [1.54, 1.807) is 0 Å². The molecule has 0 N–H and O–H groups in total. The van der Waals surface area contributed by atoms with E-state index >= 15 is 0 Å². The third-order valence-electron chi connectivity index (χ3n) is 3.45. The summed E-state index contributed by atoms with van der Waals surface area (Å²) < 4.78 is 0. The fraction of sp³-hybridized carbons (Fsp3) is 0.188. The molecule has 1 heteroatoms. The molecule has 1 nitrogen and oxygen atoms in total. The number of fused-ring (bicyclic) bond motifs is 1. The molecule has 0 unspecified atom stereocenters. The van der Waals surface area contributed by atoms with E-state index in [0.29, 0.717) is 18.6 Å². The van der Waals surface area contributed by atoms with Crippen LogP contribution in [0, 0.1) is 0 Å². The summed E-state index contributed by atoms with van der Waals surface area (Å²) in [5, 5.41) is 0. The van der Waals surface area contributed by atoms with Crippen LogP contribution in [0.4, 0.5) is 0 Å². The van der Waals surface area contributed by atoms with E-state index in [1.807, 2.05) is 24.3 Å². The first-order valence-corrected chi connectivity index (χ1v) is 5.99. The molecule has 84 valence electrons. The highest BCUT2D eigenvalue weighted by Crippen LogP contribution is 2.34. The molecule has 1 atom stereocenters. The van der Waals surface area contributed by atoms with Crippen LogP contribution in [0.3, 0.4) is 0 Å². The van der Waals surface area contributed by atoms with Gasteiger partial charge in [-0.15, -0.1) is 0 Å². The van der Waals surface area contributed by atoms with Crippen molar-refractivity contribution in [2.45, 2.75) is 18.8 Å². The molecule has 3 rings (SSSR count). The molecule has 0 saturated heterocycles. The van der Waals surface area contributed by atoms with Gasteiger partial charge in [-0.05, 0) is 16.7 Å². The third kappa shape index (κ3) is 1.89. The number of carbonyl (C=O) groups excluding carboxylic acids is 1. The van der Waals surface area contributed by atoms with Crippen LogP contribution in [0.15, 0.2) is 54.6 Å². The summed E-state index contributed by atoms with van der Waals surface area (Å²) in [6.45, 7) is 0. The van der Waals surface area contributed by atoms with E-state index < -0.39 is 0 Å². The predicted molar refractivity (Wildman–Crippen MR) is 68.1 cm³/mol. The second-order valence-corrected chi connectivity index (χ2v) is 4.58. The maximum Gasteiger partial charge on any atom is 0.138 e. The first kappa shape index (κ1) is 10.3. The van der Waals surface area contributed by atoms with Crippen molar-refractivity contribution in [3.63, 3.8) is 0 Å². The number of rotatable bonds is 1. The molecule has 0 radical (unpaired) electrons. The van der Waals surface area contributed by atoms with Gasteiger partial charge in [-0.1, -0.05) is 54.6 Å². The fourth-order valence-corrected chi connectivity index (χ4v) is 2.64. The standard InChI is InChI=1S/C16H14O/c17-14-10-13-8-4-5-9-15(13)16(11-14)12-6-2-1-3-7-12/h1-9,16H,10-11H2/t16-/m0/s1. The molecule has 2 aromatic carbocycles. The molecular formula is C16H14O. The Morgan fingerprint density at radius 2 is 1.59 bits per heavy atom. The van der Waals surface area contributed by atoms with Crippen LogP contribution in [0.5, 0.6) is 0 Å². The monoisotopic (exact) mass is 222 g/mol. The van der Waals surface area contributed by atoms with Gasteiger partial charge in [0.1, 0.15) is 5.78 Å². The Morgan fingerprint density at radius 1 is 0.882 bits per heavy atom. The van der Waals surface area contributed by atoms with E-state index in [2.05, 4.69) is 30.3 Å². The minimum atomic E-state index is 0.244. The summed E-state index contributed by atoms with van der Waals surface area (Å²) in [5.41, 5.74) is 3.75. The third-order valence-corrected chi connectivity index (χ3v) is 3.45. The Morgan fingerprint density at radius 3 is 2.41 bits per heavy atom. The number of carbonyl (C=O) groups is 1. The van der Waals surface area contributed by atoms with Crippen LogP contribution in [-0.2, 0) is 11.2 Å². The molecule has 0 aliphatic heterocycles. The van der Waals surface area contributed by atoms with E-state index in [1.165, 1.54) is 16.7 Å². The zero-order valence-electron chi connectivity index (χ0n) is 9.60. The summed E-state index contributed by atoms with van der Waals surface area (Å²) in [5.74, 6) is 0.589.